The van der Waals surface area contributed by atoms with Crippen LogP contribution < -0.4 is 5.32 Å². The molecular formula is C19H19N3O2S. The number of carbonyl (C=O) groups is 1. The molecule has 0 atom stereocenters. The highest BCUT2D eigenvalue weighted by molar-refractivity contribution is 7.99. The number of rotatable bonds is 5. The highest BCUT2D eigenvalue weighted by atomic mass is 32.2. The van der Waals surface area contributed by atoms with E-state index in [1.54, 1.807) is 23.9 Å². The fourth-order valence-corrected chi connectivity index (χ4v) is 3.13. The summed E-state index contributed by atoms with van der Waals surface area (Å²) in [7, 11) is 0. The van der Waals surface area contributed by atoms with Crippen molar-refractivity contribution in [1.82, 2.24) is 10.2 Å². The van der Waals surface area contributed by atoms with Gasteiger partial charge >= 0.3 is 6.01 Å². The fraction of sp³-hybridized carbons (Fsp3) is 0.211. The van der Waals surface area contributed by atoms with E-state index in [0.29, 0.717) is 16.7 Å². The Hall–Kier alpha value is -2.60. The summed E-state index contributed by atoms with van der Waals surface area (Å²) in [5.74, 6) is 0.100. The summed E-state index contributed by atoms with van der Waals surface area (Å²) in [5, 5.41) is 11.0. The zero-order valence-electron chi connectivity index (χ0n) is 14.3. The first-order chi connectivity index (χ1) is 12.0. The third kappa shape index (κ3) is 4.48. The number of anilines is 1. The van der Waals surface area contributed by atoms with E-state index in [4.69, 9.17) is 4.42 Å². The van der Waals surface area contributed by atoms with Gasteiger partial charge in [0.05, 0.1) is 0 Å². The number of nitrogens with zero attached hydrogens (tertiary/aromatic N) is 2. The maximum atomic E-state index is 12.3. The molecule has 3 rings (SSSR count). The Morgan fingerprint density at radius 2 is 1.88 bits per heavy atom. The number of amides is 1. The van der Waals surface area contributed by atoms with Gasteiger partial charge < -0.3 is 4.42 Å². The van der Waals surface area contributed by atoms with Crippen molar-refractivity contribution in [2.45, 2.75) is 30.9 Å². The Morgan fingerprint density at radius 1 is 1.12 bits per heavy atom. The lowest BCUT2D eigenvalue weighted by Crippen LogP contribution is -2.11. The van der Waals surface area contributed by atoms with Gasteiger partial charge in [-0.3, -0.25) is 10.1 Å². The molecule has 0 radical (unpaired) electrons. The topological polar surface area (TPSA) is 68.0 Å². The number of aryl methyl sites for hydroxylation is 1. The second-order valence-electron chi connectivity index (χ2n) is 5.93. The van der Waals surface area contributed by atoms with Crippen LogP contribution >= 0.6 is 11.8 Å². The van der Waals surface area contributed by atoms with Crippen LogP contribution in [0.1, 0.15) is 29.8 Å². The highest BCUT2D eigenvalue weighted by Crippen LogP contribution is 2.24. The number of hydrogen-bond acceptors (Lipinski definition) is 5. The van der Waals surface area contributed by atoms with E-state index in [2.05, 4.69) is 29.4 Å². The van der Waals surface area contributed by atoms with Gasteiger partial charge in [0.25, 0.3) is 5.91 Å². The van der Waals surface area contributed by atoms with Crippen LogP contribution in [0, 0.1) is 6.92 Å². The Kier molecular flexibility index (Phi) is 5.19. The SMILES string of the molecule is Cc1cccc(-c2nnc(NC(=O)c3ccc(SC(C)C)cc3)o2)c1. The Morgan fingerprint density at radius 3 is 2.56 bits per heavy atom. The molecule has 0 unspecified atom stereocenters. The van der Waals surface area contributed by atoms with Crippen LogP contribution in [0.3, 0.4) is 0 Å². The first-order valence-electron chi connectivity index (χ1n) is 8.00. The lowest BCUT2D eigenvalue weighted by Gasteiger charge is -2.05. The number of carbonyl (C=O) groups excluding carboxylic acids is 1. The summed E-state index contributed by atoms with van der Waals surface area (Å²) in [6.07, 6.45) is 0. The minimum absolute atomic E-state index is 0.0853. The maximum absolute atomic E-state index is 12.3. The molecule has 0 saturated carbocycles. The molecule has 0 fully saturated rings. The summed E-state index contributed by atoms with van der Waals surface area (Å²) in [5.41, 5.74) is 2.46. The summed E-state index contributed by atoms with van der Waals surface area (Å²) >= 11 is 1.75. The monoisotopic (exact) mass is 353 g/mol. The molecule has 3 aromatic rings. The first-order valence-corrected chi connectivity index (χ1v) is 8.88. The third-order valence-electron chi connectivity index (χ3n) is 3.40. The van der Waals surface area contributed by atoms with Gasteiger partial charge in [-0.2, -0.15) is 0 Å². The summed E-state index contributed by atoms with van der Waals surface area (Å²) in [4.78, 5) is 13.4. The van der Waals surface area contributed by atoms with E-state index in [1.165, 1.54) is 0 Å². The molecule has 0 aliphatic carbocycles. The van der Waals surface area contributed by atoms with Gasteiger partial charge in [0.15, 0.2) is 0 Å². The van der Waals surface area contributed by atoms with Crippen molar-refractivity contribution in [2.75, 3.05) is 5.32 Å². The molecule has 2 aromatic carbocycles. The predicted molar refractivity (Wildman–Crippen MR) is 99.9 cm³/mol. The molecule has 0 spiro atoms. The van der Waals surface area contributed by atoms with E-state index in [1.807, 2.05) is 43.3 Å². The van der Waals surface area contributed by atoms with Crippen LogP contribution in [0.25, 0.3) is 11.5 Å². The standard InChI is InChI=1S/C19H19N3O2S/c1-12(2)25-16-9-7-14(8-10-16)17(23)20-19-22-21-18(24-19)15-6-4-5-13(3)11-15/h4-12H,1-3H3,(H,20,22,23). The molecule has 6 heteroatoms. The molecule has 1 aromatic heterocycles. The normalized spacial score (nSPS) is 10.9. The van der Waals surface area contributed by atoms with Gasteiger partial charge in [0.2, 0.25) is 5.89 Å². The number of benzene rings is 2. The zero-order chi connectivity index (χ0) is 17.8. The van der Waals surface area contributed by atoms with Crippen molar-refractivity contribution in [3.05, 3.63) is 59.7 Å². The van der Waals surface area contributed by atoms with E-state index >= 15 is 0 Å². The molecule has 0 aliphatic heterocycles. The minimum Gasteiger partial charge on any atom is -0.403 e. The van der Waals surface area contributed by atoms with Crippen molar-refractivity contribution >= 4 is 23.7 Å². The van der Waals surface area contributed by atoms with Crippen LogP contribution in [0.5, 0.6) is 0 Å². The molecule has 5 nitrogen and oxygen atoms in total. The average molecular weight is 353 g/mol. The Labute approximate surface area is 150 Å². The van der Waals surface area contributed by atoms with Crippen molar-refractivity contribution in [1.29, 1.82) is 0 Å². The fourth-order valence-electron chi connectivity index (χ4n) is 2.29. The lowest BCUT2D eigenvalue weighted by atomic mass is 10.1. The van der Waals surface area contributed by atoms with Gasteiger partial charge in [0, 0.05) is 21.3 Å². The minimum atomic E-state index is -0.277. The molecule has 25 heavy (non-hydrogen) atoms. The number of aromatic nitrogens is 2. The Balaban J connectivity index is 1.69. The van der Waals surface area contributed by atoms with Gasteiger partial charge in [0.1, 0.15) is 0 Å². The molecule has 0 aliphatic rings. The van der Waals surface area contributed by atoms with Crippen LogP contribution in [-0.4, -0.2) is 21.4 Å². The summed E-state index contributed by atoms with van der Waals surface area (Å²) in [6.45, 7) is 6.25. The number of hydrogen-bond donors (Lipinski definition) is 1. The molecular weight excluding hydrogens is 334 g/mol. The highest BCUT2D eigenvalue weighted by Gasteiger charge is 2.13. The second-order valence-corrected chi connectivity index (χ2v) is 7.58. The van der Waals surface area contributed by atoms with Crippen molar-refractivity contribution in [3.63, 3.8) is 0 Å². The van der Waals surface area contributed by atoms with E-state index < -0.39 is 0 Å². The van der Waals surface area contributed by atoms with Crippen LogP contribution in [0.15, 0.2) is 57.8 Å². The smallest absolute Gasteiger partial charge is 0.322 e. The average Bonchev–Trinajstić information content (AvgIpc) is 3.03. The van der Waals surface area contributed by atoms with Crippen LogP contribution in [0.2, 0.25) is 0 Å². The summed E-state index contributed by atoms with van der Waals surface area (Å²) in [6, 6.07) is 15.3. The van der Waals surface area contributed by atoms with Crippen molar-refractivity contribution in [2.24, 2.45) is 0 Å². The van der Waals surface area contributed by atoms with E-state index in [-0.39, 0.29) is 11.9 Å². The quantitative estimate of drug-likeness (QED) is 0.667. The van der Waals surface area contributed by atoms with Gasteiger partial charge in [-0.05, 0) is 43.3 Å². The van der Waals surface area contributed by atoms with E-state index in [9.17, 15) is 4.79 Å². The van der Waals surface area contributed by atoms with Gasteiger partial charge in [-0.25, -0.2) is 0 Å². The summed E-state index contributed by atoms with van der Waals surface area (Å²) < 4.78 is 5.53. The van der Waals surface area contributed by atoms with Crippen LogP contribution in [0.4, 0.5) is 6.01 Å². The van der Waals surface area contributed by atoms with Gasteiger partial charge in [-0.1, -0.05) is 36.6 Å². The molecule has 128 valence electrons. The largest absolute Gasteiger partial charge is 0.403 e. The third-order valence-corrected chi connectivity index (χ3v) is 4.41. The first kappa shape index (κ1) is 17.2. The molecule has 0 saturated heterocycles. The zero-order valence-corrected chi connectivity index (χ0v) is 15.1. The molecule has 0 bridgehead atoms. The molecule has 1 heterocycles. The molecule has 1 amide bonds. The Bertz CT molecular complexity index is 872. The van der Waals surface area contributed by atoms with Crippen molar-refractivity contribution < 1.29 is 9.21 Å². The van der Waals surface area contributed by atoms with Gasteiger partial charge in [-0.15, -0.1) is 16.9 Å². The van der Waals surface area contributed by atoms with Crippen LogP contribution in [-0.2, 0) is 0 Å². The van der Waals surface area contributed by atoms with Crippen molar-refractivity contribution in [3.8, 4) is 11.5 Å². The number of nitrogens with one attached hydrogen (secondary N) is 1. The maximum Gasteiger partial charge on any atom is 0.322 e. The predicted octanol–water partition coefficient (Wildman–Crippen LogP) is 4.80. The second kappa shape index (κ2) is 7.53. The lowest BCUT2D eigenvalue weighted by molar-refractivity contribution is 0.102. The molecule has 1 N–H and O–H groups in total. The van der Waals surface area contributed by atoms with E-state index in [0.717, 1.165) is 16.0 Å². The number of thioether (sulfide) groups is 1.